The molecule has 0 radical (unpaired) electrons. The molecule has 1 aromatic heterocycles. The Morgan fingerprint density at radius 1 is 1.18 bits per heavy atom. The first-order valence-electron chi connectivity index (χ1n) is 5.56. The molecule has 1 heterocycles. The summed E-state index contributed by atoms with van der Waals surface area (Å²) in [7, 11) is 0. The van der Waals surface area contributed by atoms with Gasteiger partial charge in [0.05, 0.1) is 0 Å². The van der Waals surface area contributed by atoms with Crippen LogP contribution in [0.1, 0.15) is 17.0 Å². The van der Waals surface area contributed by atoms with E-state index in [1.54, 1.807) is 11.3 Å². The Kier molecular flexibility index (Phi) is 2.68. The molecule has 0 saturated carbocycles. The van der Waals surface area contributed by atoms with Gasteiger partial charge in [-0.25, -0.2) is 0 Å². The number of nitrogens with zero attached hydrogens (tertiary/aromatic N) is 1. The molecule has 1 aliphatic carbocycles. The number of carbonyl (C=O) groups is 1. The predicted molar refractivity (Wildman–Crippen MR) is 71.5 cm³/mol. The van der Waals surface area contributed by atoms with Gasteiger partial charge in [0.25, 0.3) is 0 Å². The minimum absolute atomic E-state index is 0.328. The van der Waals surface area contributed by atoms with Gasteiger partial charge in [-0.15, -0.1) is 11.3 Å². The van der Waals surface area contributed by atoms with Crippen molar-refractivity contribution in [3.05, 3.63) is 44.9 Å². The van der Waals surface area contributed by atoms with E-state index in [-0.39, 0.29) is 0 Å². The molecule has 2 nitrogen and oxygen atoms in total. The average Bonchev–Trinajstić information content (AvgIpc) is 2.65. The van der Waals surface area contributed by atoms with E-state index in [1.165, 1.54) is 5.69 Å². The van der Waals surface area contributed by atoms with Crippen molar-refractivity contribution < 1.29 is 4.79 Å². The van der Waals surface area contributed by atoms with Crippen LogP contribution in [0.15, 0.2) is 30.3 Å². The largest absolute Gasteiger partial charge is 0.299 e. The van der Waals surface area contributed by atoms with Crippen molar-refractivity contribution >= 4 is 29.3 Å². The second-order valence-electron chi connectivity index (χ2n) is 4.12. The second-order valence-corrected chi connectivity index (χ2v) is 5.85. The number of ketones is 1. The first-order chi connectivity index (χ1) is 8.25. The zero-order valence-electron chi connectivity index (χ0n) is 9.18. The van der Waals surface area contributed by atoms with Crippen LogP contribution in [0.2, 0.25) is 0 Å². The maximum atomic E-state index is 11.4. The average molecular weight is 261 g/mol. The van der Waals surface area contributed by atoms with Gasteiger partial charge in [0, 0.05) is 29.1 Å². The second kappa shape index (κ2) is 4.20. The topological polar surface area (TPSA) is 22.0 Å². The lowest BCUT2D eigenvalue weighted by Crippen LogP contribution is -2.14. The lowest BCUT2D eigenvalue weighted by atomic mass is 10.0. The number of hydrogen-bond acceptors (Lipinski definition) is 3. The van der Waals surface area contributed by atoms with Crippen LogP contribution in [0, 0.1) is 3.95 Å². The van der Waals surface area contributed by atoms with Crippen LogP contribution in [0.25, 0.3) is 5.69 Å². The van der Waals surface area contributed by atoms with Crippen molar-refractivity contribution in [3.63, 3.8) is 0 Å². The van der Waals surface area contributed by atoms with Crippen molar-refractivity contribution in [1.82, 2.24) is 4.57 Å². The Labute approximate surface area is 109 Å². The third-order valence-corrected chi connectivity index (χ3v) is 4.41. The highest BCUT2D eigenvalue weighted by atomic mass is 32.1. The first-order valence-corrected chi connectivity index (χ1v) is 6.79. The third-order valence-electron chi connectivity index (χ3n) is 3.00. The van der Waals surface area contributed by atoms with Gasteiger partial charge in [0.15, 0.2) is 3.95 Å². The molecule has 0 saturated heterocycles. The van der Waals surface area contributed by atoms with Crippen LogP contribution in [0.4, 0.5) is 0 Å². The highest BCUT2D eigenvalue weighted by Crippen LogP contribution is 2.29. The van der Waals surface area contributed by atoms with Gasteiger partial charge in [-0.05, 0) is 30.8 Å². The monoisotopic (exact) mass is 261 g/mol. The normalized spacial score (nSPS) is 14.7. The number of para-hydroxylation sites is 1. The molecule has 0 atom stereocenters. The predicted octanol–water partition coefficient (Wildman–Crippen LogP) is 3.33. The van der Waals surface area contributed by atoms with E-state index < -0.39 is 0 Å². The fourth-order valence-electron chi connectivity index (χ4n) is 2.20. The van der Waals surface area contributed by atoms with Crippen LogP contribution in [0.3, 0.4) is 0 Å². The molecule has 2 aromatic rings. The molecule has 0 unspecified atom stereocenters. The summed E-state index contributed by atoms with van der Waals surface area (Å²) in [5.74, 6) is 0.328. The van der Waals surface area contributed by atoms with E-state index in [9.17, 15) is 4.79 Å². The summed E-state index contributed by atoms with van der Waals surface area (Å²) in [4.78, 5) is 12.6. The number of thiazole rings is 1. The summed E-state index contributed by atoms with van der Waals surface area (Å²) in [6.07, 6.45) is 2.02. The van der Waals surface area contributed by atoms with E-state index in [1.807, 2.05) is 18.2 Å². The molecule has 1 aliphatic rings. The molecular formula is C13H11NOS2. The summed E-state index contributed by atoms with van der Waals surface area (Å²) in [5, 5.41) is 0. The lowest BCUT2D eigenvalue weighted by molar-refractivity contribution is -0.118. The lowest BCUT2D eigenvalue weighted by Gasteiger charge is -2.13. The fraction of sp³-hybridized carbons (Fsp3) is 0.231. The zero-order chi connectivity index (χ0) is 11.8. The summed E-state index contributed by atoms with van der Waals surface area (Å²) in [6, 6.07) is 10.1. The third kappa shape index (κ3) is 1.87. The number of aromatic nitrogens is 1. The molecule has 0 bridgehead atoms. The maximum absolute atomic E-state index is 11.4. The van der Waals surface area contributed by atoms with Gasteiger partial charge in [-0.2, -0.15) is 0 Å². The van der Waals surface area contributed by atoms with Gasteiger partial charge >= 0.3 is 0 Å². The fourth-order valence-corrected chi connectivity index (χ4v) is 3.78. The summed E-state index contributed by atoms with van der Waals surface area (Å²) in [6.45, 7) is 0. The van der Waals surface area contributed by atoms with E-state index in [0.29, 0.717) is 18.6 Å². The highest BCUT2D eigenvalue weighted by Gasteiger charge is 2.21. The molecule has 0 amide bonds. The Morgan fingerprint density at radius 2 is 1.94 bits per heavy atom. The number of rotatable bonds is 1. The van der Waals surface area contributed by atoms with E-state index in [0.717, 1.165) is 20.9 Å². The van der Waals surface area contributed by atoms with Crippen molar-refractivity contribution in [3.8, 4) is 5.69 Å². The maximum Gasteiger partial charge on any atom is 0.166 e. The van der Waals surface area contributed by atoms with Crippen LogP contribution in [-0.2, 0) is 17.6 Å². The molecule has 4 heteroatoms. The van der Waals surface area contributed by atoms with Gasteiger partial charge in [0.1, 0.15) is 5.78 Å². The molecule has 0 N–H and O–H groups in total. The van der Waals surface area contributed by atoms with Crippen LogP contribution >= 0.6 is 23.6 Å². The molecule has 17 heavy (non-hydrogen) atoms. The summed E-state index contributed by atoms with van der Waals surface area (Å²) >= 11 is 6.98. The van der Waals surface area contributed by atoms with Crippen LogP contribution < -0.4 is 0 Å². The van der Waals surface area contributed by atoms with Crippen LogP contribution in [-0.4, -0.2) is 10.4 Å². The zero-order valence-corrected chi connectivity index (χ0v) is 10.8. The molecule has 0 fully saturated rings. The summed E-state index contributed by atoms with van der Waals surface area (Å²) < 4.78 is 2.96. The Balaban J connectivity index is 2.19. The standard InChI is InChI=1S/C13H11NOS2/c15-10-6-7-11-12(8-10)17-13(16)14(11)9-4-2-1-3-5-9/h1-5H,6-8H2. The molecule has 0 spiro atoms. The number of Topliss-reactive ketones (excluding diaryl/α,β-unsaturated/α-hetero) is 1. The van der Waals surface area contributed by atoms with E-state index >= 15 is 0 Å². The van der Waals surface area contributed by atoms with Gasteiger partial charge in [-0.1, -0.05) is 18.2 Å². The summed E-state index contributed by atoms with van der Waals surface area (Å²) in [5.41, 5.74) is 2.33. The number of carbonyl (C=O) groups excluding carboxylic acids is 1. The first kappa shape index (κ1) is 10.9. The Bertz CT molecular complexity index is 625. The van der Waals surface area contributed by atoms with Crippen molar-refractivity contribution in [1.29, 1.82) is 0 Å². The molecule has 3 rings (SSSR count). The number of benzene rings is 1. The van der Waals surface area contributed by atoms with E-state index in [4.69, 9.17) is 12.2 Å². The molecule has 0 aliphatic heterocycles. The Morgan fingerprint density at radius 3 is 2.71 bits per heavy atom. The van der Waals surface area contributed by atoms with E-state index in [2.05, 4.69) is 16.7 Å². The highest BCUT2D eigenvalue weighted by molar-refractivity contribution is 7.73. The van der Waals surface area contributed by atoms with Gasteiger partial charge in [-0.3, -0.25) is 9.36 Å². The molecule has 1 aromatic carbocycles. The Hall–Kier alpha value is -1.26. The minimum atomic E-state index is 0.328. The van der Waals surface area contributed by atoms with Gasteiger partial charge < -0.3 is 0 Å². The quantitative estimate of drug-likeness (QED) is 0.735. The van der Waals surface area contributed by atoms with Crippen molar-refractivity contribution in [2.24, 2.45) is 0 Å². The smallest absolute Gasteiger partial charge is 0.166 e. The van der Waals surface area contributed by atoms with Crippen LogP contribution in [0.5, 0.6) is 0 Å². The van der Waals surface area contributed by atoms with Gasteiger partial charge in [0.2, 0.25) is 0 Å². The molecule has 86 valence electrons. The minimum Gasteiger partial charge on any atom is -0.299 e. The SMILES string of the molecule is O=C1CCc2c(sc(=S)n2-c2ccccc2)C1. The number of fused-ring (bicyclic) bond motifs is 1. The van der Waals surface area contributed by atoms with Crippen molar-refractivity contribution in [2.45, 2.75) is 19.3 Å². The molecular weight excluding hydrogens is 250 g/mol. The van der Waals surface area contributed by atoms with Crippen molar-refractivity contribution in [2.75, 3.05) is 0 Å². The number of hydrogen-bond donors (Lipinski definition) is 0.